The summed E-state index contributed by atoms with van der Waals surface area (Å²) in [5.41, 5.74) is 5.10. The number of ether oxygens (including phenoxy) is 2. The average molecular weight is 368 g/mol. The highest BCUT2D eigenvalue weighted by Crippen LogP contribution is 2.37. The van der Waals surface area contributed by atoms with Crippen LogP contribution in [-0.4, -0.2) is 25.7 Å². The van der Waals surface area contributed by atoms with Gasteiger partial charge in [0, 0.05) is 0 Å². The van der Waals surface area contributed by atoms with Gasteiger partial charge in [0.15, 0.2) is 11.5 Å². The van der Waals surface area contributed by atoms with E-state index in [2.05, 4.69) is 15.9 Å². The molecule has 0 radical (unpaired) electrons. The minimum absolute atomic E-state index is 0.267. The largest absolute Gasteiger partial charge is 0.493 e. The second kappa shape index (κ2) is 8.05. The van der Waals surface area contributed by atoms with E-state index < -0.39 is 11.9 Å². The highest BCUT2D eigenvalue weighted by atomic mass is 79.9. The molecule has 1 aromatic carbocycles. The van der Waals surface area contributed by atoms with Crippen LogP contribution in [0.5, 0.6) is 11.5 Å². The van der Waals surface area contributed by atoms with E-state index in [0.29, 0.717) is 28.1 Å². The highest BCUT2D eigenvalue weighted by Gasteiger charge is 2.14. The lowest BCUT2D eigenvalue weighted by atomic mass is 10.1. The molecular formula is C14H14BrN3O4. The summed E-state index contributed by atoms with van der Waals surface area (Å²) in [6.07, 6.45) is 1.31. The zero-order valence-corrected chi connectivity index (χ0v) is 13.6. The number of imide groups is 1. The van der Waals surface area contributed by atoms with E-state index in [4.69, 9.17) is 20.5 Å². The number of nitriles is 1. The Bertz CT molecular complexity index is 665. The maximum Gasteiger partial charge on any atom is 0.319 e. The first-order valence-electron chi connectivity index (χ1n) is 6.15. The minimum atomic E-state index is -1.03. The van der Waals surface area contributed by atoms with Crippen LogP contribution in [0.15, 0.2) is 22.2 Å². The normalized spacial score (nSPS) is 10.5. The number of benzene rings is 1. The molecule has 7 nitrogen and oxygen atoms in total. The van der Waals surface area contributed by atoms with Gasteiger partial charge in [-0.1, -0.05) is 0 Å². The molecule has 1 rings (SSSR count). The molecule has 0 bridgehead atoms. The molecule has 0 unspecified atom stereocenters. The van der Waals surface area contributed by atoms with Crippen LogP contribution in [0.25, 0.3) is 6.08 Å². The topological polar surface area (TPSA) is 114 Å². The number of rotatable bonds is 5. The number of nitrogens with two attached hydrogens (primary N) is 1. The van der Waals surface area contributed by atoms with Crippen molar-refractivity contribution in [3.8, 4) is 17.6 Å². The molecule has 0 spiro atoms. The van der Waals surface area contributed by atoms with Crippen LogP contribution in [0, 0.1) is 11.3 Å². The predicted molar refractivity (Wildman–Crippen MR) is 83.2 cm³/mol. The predicted octanol–water partition coefficient (Wildman–Crippen LogP) is 1.96. The van der Waals surface area contributed by atoms with Gasteiger partial charge in [0.25, 0.3) is 5.91 Å². The van der Waals surface area contributed by atoms with Crippen molar-refractivity contribution in [2.45, 2.75) is 6.92 Å². The number of primary amides is 1. The summed E-state index contributed by atoms with van der Waals surface area (Å²) in [6, 6.07) is 3.93. The van der Waals surface area contributed by atoms with Gasteiger partial charge < -0.3 is 15.2 Å². The van der Waals surface area contributed by atoms with Crippen molar-refractivity contribution in [1.82, 2.24) is 5.32 Å². The van der Waals surface area contributed by atoms with Gasteiger partial charge in [-0.25, -0.2) is 4.79 Å². The molecule has 0 aromatic heterocycles. The summed E-state index contributed by atoms with van der Waals surface area (Å²) in [5, 5.41) is 10.8. The SMILES string of the molecule is CCOc1c(Br)cc(/C=C(/C#N)C(=O)NC(N)=O)cc1OC. The minimum Gasteiger partial charge on any atom is -0.493 e. The molecule has 0 saturated carbocycles. The zero-order chi connectivity index (χ0) is 16.7. The van der Waals surface area contributed by atoms with E-state index in [0.717, 1.165) is 0 Å². The summed E-state index contributed by atoms with van der Waals surface area (Å²) >= 11 is 3.34. The Labute approximate surface area is 135 Å². The van der Waals surface area contributed by atoms with E-state index >= 15 is 0 Å². The molecular weight excluding hydrogens is 354 g/mol. The molecule has 116 valence electrons. The monoisotopic (exact) mass is 367 g/mol. The summed E-state index contributed by atoms with van der Waals surface area (Å²) < 4.78 is 11.3. The van der Waals surface area contributed by atoms with Crippen molar-refractivity contribution in [3.05, 3.63) is 27.7 Å². The number of hydrogen-bond acceptors (Lipinski definition) is 5. The summed E-state index contributed by atoms with van der Waals surface area (Å²) in [4.78, 5) is 22.3. The number of nitrogens with one attached hydrogen (secondary N) is 1. The molecule has 1 aromatic rings. The number of methoxy groups -OCH3 is 1. The molecule has 3 amide bonds. The summed E-state index contributed by atoms with van der Waals surface area (Å²) in [6.45, 7) is 2.29. The van der Waals surface area contributed by atoms with Crippen molar-refractivity contribution in [2.24, 2.45) is 5.73 Å². The fourth-order valence-electron chi connectivity index (χ4n) is 1.60. The lowest BCUT2D eigenvalue weighted by molar-refractivity contribution is -0.115. The van der Waals surface area contributed by atoms with Gasteiger partial charge in [0.1, 0.15) is 11.6 Å². The number of halogens is 1. The van der Waals surface area contributed by atoms with E-state index in [1.165, 1.54) is 13.2 Å². The van der Waals surface area contributed by atoms with Gasteiger partial charge >= 0.3 is 6.03 Å². The molecule has 0 heterocycles. The fraction of sp³-hybridized carbons (Fsp3) is 0.214. The Balaban J connectivity index is 3.23. The van der Waals surface area contributed by atoms with Crippen LogP contribution in [0.2, 0.25) is 0 Å². The first kappa shape index (κ1) is 17.5. The Morgan fingerprint density at radius 3 is 2.68 bits per heavy atom. The van der Waals surface area contributed by atoms with Gasteiger partial charge in [-0.05, 0) is 46.6 Å². The third-order valence-corrected chi connectivity index (χ3v) is 3.04. The molecule has 0 aliphatic rings. The van der Waals surface area contributed by atoms with Gasteiger partial charge in [0.2, 0.25) is 0 Å². The Hall–Kier alpha value is -2.53. The smallest absolute Gasteiger partial charge is 0.319 e. The van der Waals surface area contributed by atoms with E-state index in [9.17, 15) is 9.59 Å². The first-order chi connectivity index (χ1) is 10.4. The van der Waals surface area contributed by atoms with Crippen molar-refractivity contribution >= 4 is 33.9 Å². The molecule has 22 heavy (non-hydrogen) atoms. The van der Waals surface area contributed by atoms with Crippen molar-refractivity contribution < 1.29 is 19.1 Å². The first-order valence-corrected chi connectivity index (χ1v) is 6.95. The number of carbonyl (C=O) groups is 2. The molecule has 8 heteroatoms. The molecule has 0 saturated heterocycles. The second-order valence-corrected chi connectivity index (χ2v) is 4.81. The maximum absolute atomic E-state index is 11.6. The molecule has 3 N–H and O–H groups in total. The molecule has 0 aliphatic carbocycles. The standard InChI is InChI=1S/C14H14BrN3O4/c1-3-22-12-10(15)5-8(6-11(12)21-2)4-9(7-16)13(19)18-14(17)20/h4-6H,3H2,1-2H3,(H3,17,18,19,20)/b9-4-. The van der Waals surface area contributed by atoms with Crippen LogP contribution in [0.1, 0.15) is 12.5 Å². The number of carbonyl (C=O) groups excluding carboxylic acids is 2. The fourth-order valence-corrected chi connectivity index (χ4v) is 2.18. The van der Waals surface area contributed by atoms with Crippen LogP contribution in [0.3, 0.4) is 0 Å². The van der Waals surface area contributed by atoms with E-state index in [1.54, 1.807) is 18.2 Å². The van der Waals surface area contributed by atoms with Crippen molar-refractivity contribution in [1.29, 1.82) is 5.26 Å². The summed E-state index contributed by atoms with van der Waals surface area (Å²) in [5.74, 6) is 0.0799. The van der Waals surface area contributed by atoms with Gasteiger partial charge in [-0.2, -0.15) is 5.26 Å². The van der Waals surface area contributed by atoms with Crippen molar-refractivity contribution in [2.75, 3.05) is 13.7 Å². The Morgan fingerprint density at radius 1 is 1.50 bits per heavy atom. The second-order valence-electron chi connectivity index (χ2n) is 3.96. The van der Waals surface area contributed by atoms with Crippen molar-refractivity contribution in [3.63, 3.8) is 0 Å². The number of nitrogens with zero attached hydrogens (tertiary/aromatic N) is 1. The molecule has 0 atom stereocenters. The lowest BCUT2D eigenvalue weighted by Gasteiger charge is -2.12. The molecule has 0 aliphatic heterocycles. The quantitative estimate of drug-likeness (QED) is 0.609. The third kappa shape index (κ3) is 4.49. The van der Waals surface area contributed by atoms with Gasteiger partial charge in [0.05, 0.1) is 18.2 Å². The van der Waals surface area contributed by atoms with Crippen LogP contribution in [-0.2, 0) is 4.79 Å². The Morgan fingerprint density at radius 2 is 2.18 bits per heavy atom. The number of hydrogen-bond donors (Lipinski definition) is 2. The highest BCUT2D eigenvalue weighted by molar-refractivity contribution is 9.10. The number of urea groups is 1. The van der Waals surface area contributed by atoms with E-state index in [1.807, 2.05) is 12.2 Å². The maximum atomic E-state index is 11.6. The van der Waals surface area contributed by atoms with Crippen LogP contribution < -0.4 is 20.5 Å². The Kier molecular flexibility index (Phi) is 6.41. The molecule has 0 fully saturated rings. The van der Waals surface area contributed by atoms with E-state index in [-0.39, 0.29) is 5.57 Å². The number of amides is 3. The van der Waals surface area contributed by atoms with Gasteiger partial charge in [-0.3, -0.25) is 10.1 Å². The zero-order valence-electron chi connectivity index (χ0n) is 12.0. The average Bonchev–Trinajstić information content (AvgIpc) is 2.46. The third-order valence-electron chi connectivity index (χ3n) is 2.45. The summed E-state index contributed by atoms with van der Waals surface area (Å²) in [7, 11) is 1.47. The van der Waals surface area contributed by atoms with Crippen LogP contribution in [0.4, 0.5) is 4.79 Å². The lowest BCUT2D eigenvalue weighted by Crippen LogP contribution is -2.35. The van der Waals surface area contributed by atoms with Crippen LogP contribution >= 0.6 is 15.9 Å². The van der Waals surface area contributed by atoms with Gasteiger partial charge in [-0.15, -0.1) is 0 Å².